The molecule has 6 rings (SSSR count). The Labute approximate surface area is 513 Å². The van der Waals surface area contributed by atoms with Crippen LogP contribution in [0.1, 0.15) is 85.2 Å². The van der Waals surface area contributed by atoms with Crippen molar-refractivity contribution in [1.29, 1.82) is 0 Å². The average Bonchev–Trinajstić information content (AvgIpc) is 3.43. The van der Waals surface area contributed by atoms with E-state index in [1.54, 1.807) is 92.5 Å². The normalized spacial score (nSPS) is 11.7. The van der Waals surface area contributed by atoms with Gasteiger partial charge in [-0.2, -0.15) is 60.7 Å². The van der Waals surface area contributed by atoms with Crippen LogP contribution in [0.3, 0.4) is 0 Å². The number of aromatic nitrogens is 2. The van der Waals surface area contributed by atoms with Gasteiger partial charge in [0.1, 0.15) is 10.1 Å². The Morgan fingerprint density at radius 2 is 1.12 bits per heavy atom. The van der Waals surface area contributed by atoms with E-state index >= 15 is 0 Å². The van der Waals surface area contributed by atoms with Gasteiger partial charge in [0.2, 0.25) is 5.91 Å². The van der Waals surface area contributed by atoms with Crippen LogP contribution in [0.4, 0.5) is 0 Å². The molecule has 14 nitrogen and oxygen atoms in total. The van der Waals surface area contributed by atoms with Crippen molar-refractivity contribution < 1.29 is 104 Å². The summed E-state index contributed by atoms with van der Waals surface area (Å²) >= 11 is 5.19. The van der Waals surface area contributed by atoms with Crippen LogP contribution in [0.2, 0.25) is 0 Å². The molecule has 0 aliphatic rings. The second-order valence-corrected chi connectivity index (χ2v) is 21.0. The third-order valence-electron chi connectivity index (χ3n) is 10.4. The molecule has 20 heteroatoms. The number of amides is 2. The molecule has 2 amide bonds. The monoisotopic (exact) mass is 1260 g/mol. The number of hydrogen-bond donors (Lipinski definition) is 4. The summed E-state index contributed by atoms with van der Waals surface area (Å²) in [6.07, 6.45) is 5.02. The Morgan fingerprint density at radius 3 is 1.50 bits per heavy atom. The number of rotatable bonds is 22. The van der Waals surface area contributed by atoms with Gasteiger partial charge in [-0.05, 0) is 71.9 Å². The van der Waals surface area contributed by atoms with E-state index in [-0.39, 0.29) is 117 Å². The van der Waals surface area contributed by atoms with Gasteiger partial charge in [0.25, 0.3) is 0 Å². The molecule has 5 atom stereocenters. The van der Waals surface area contributed by atoms with E-state index < -0.39 is 35.6 Å². The number of nitrogens with zero attached hydrogens (tertiary/aromatic N) is 2. The van der Waals surface area contributed by atoms with Crippen LogP contribution >= 0.6 is 21.6 Å². The summed E-state index contributed by atoms with van der Waals surface area (Å²) in [7, 11) is 2.90. The maximum Gasteiger partial charge on any atom is 0.306 e. The zero-order valence-corrected chi connectivity index (χ0v) is 52.1. The maximum absolute atomic E-state index is 12.5. The molecular formula is C56H66N6O8S4Y2-4. The van der Waals surface area contributed by atoms with Gasteiger partial charge in [-0.15, -0.1) is 0 Å². The zero-order chi connectivity index (χ0) is 53.8. The van der Waals surface area contributed by atoms with Crippen LogP contribution in [0.25, 0.3) is 11.9 Å². The number of nitrogens with two attached hydrogens (primary N) is 2. The Kier molecular flexibility index (Phi) is 43.5. The van der Waals surface area contributed by atoms with Gasteiger partial charge in [0.15, 0.2) is 11.6 Å². The molecule has 5 unspecified atom stereocenters. The number of carbonyl (C=O) groups is 6. The summed E-state index contributed by atoms with van der Waals surface area (Å²) in [5.41, 5.74) is 15.5. The summed E-state index contributed by atoms with van der Waals surface area (Å²) in [6, 6.07) is 49.8. The number of carbonyl (C=O) groups excluding carboxylic acids is 4. The van der Waals surface area contributed by atoms with Crippen molar-refractivity contribution in [1.82, 2.24) is 15.3 Å². The summed E-state index contributed by atoms with van der Waals surface area (Å²) in [6.45, 7) is 7.97. The molecule has 8 N–H and O–H groups in total. The molecule has 0 saturated heterocycles. The number of benzene rings is 4. The summed E-state index contributed by atoms with van der Waals surface area (Å²) < 4.78 is 0. The molecule has 4 aromatic carbocycles. The van der Waals surface area contributed by atoms with E-state index in [1.807, 2.05) is 104 Å². The Morgan fingerprint density at radius 1 is 0.658 bits per heavy atom. The fourth-order valence-corrected chi connectivity index (χ4v) is 9.16. The largest absolute Gasteiger partial charge is 0.693 e. The van der Waals surface area contributed by atoms with E-state index in [0.717, 1.165) is 33.4 Å². The molecule has 6 aromatic rings. The molecule has 0 saturated carbocycles. The average molecular weight is 1260 g/mol. The van der Waals surface area contributed by atoms with Gasteiger partial charge in [-0.25, -0.2) is 9.97 Å². The smallest absolute Gasteiger partial charge is 0.306 e. The minimum absolute atomic E-state index is 0. The van der Waals surface area contributed by atoms with Crippen LogP contribution in [-0.2, 0) is 105 Å². The number of carboxylic acid groups (broad SMARTS) is 2. The van der Waals surface area contributed by atoms with E-state index in [9.17, 15) is 28.8 Å². The van der Waals surface area contributed by atoms with Crippen molar-refractivity contribution in [2.45, 2.75) is 63.4 Å². The van der Waals surface area contributed by atoms with E-state index in [2.05, 4.69) is 27.4 Å². The minimum Gasteiger partial charge on any atom is -0.693 e. The third kappa shape index (κ3) is 31.3. The Bertz CT molecular complexity index is 2380. The molecule has 2 heterocycles. The second kappa shape index (κ2) is 44.7. The van der Waals surface area contributed by atoms with Crippen LogP contribution in [-0.4, -0.2) is 80.1 Å². The predicted octanol–water partition coefficient (Wildman–Crippen LogP) is 11.4. The zero-order valence-electron chi connectivity index (χ0n) is 43.2. The fraction of sp³-hybridized carbons (Fsp3) is 0.286. The summed E-state index contributed by atoms with van der Waals surface area (Å²) in [5.74, 6) is -3.02. The Hall–Kier alpha value is -4.20. The van der Waals surface area contributed by atoms with Crippen LogP contribution in [0.15, 0.2) is 168 Å². The van der Waals surface area contributed by atoms with Gasteiger partial charge < -0.3 is 37.9 Å². The first-order valence-corrected chi connectivity index (χ1v) is 28.1. The van der Waals surface area contributed by atoms with E-state index in [4.69, 9.17) is 32.9 Å². The molecule has 0 aliphatic heterocycles. The minimum atomic E-state index is -0.972. The van der Waals surface area contributed by atoms with Crippen molar-refractivity contribution >= 4 is 77.5 Å². The first-order valence-electron chi connectivity index (χ1n) is 23.4. The molecule has 2 aromatic heterocycles. The van der Waals surface area contributed by atoms with Crippen LogP contribution in [0, 0.1) is 35.8 Å². The van der Waals surface area contributed by atoms with E-state index in [1.165, 1.54) is 10.8 Å². The summed E-state index contributed by atoms with van der Waals surface area (Å²) in [5, 5.41) is 22.0. The van der Waals surface area contributed by atoms with Gasteiger partial charge >= 0.3 is 11.9 Å². The molecule has 2 radical (unpaired) electrons. The predicted molar refractivity (Wildman–Crippen MR) is 302 cm³/mol. The second-order valence-electron chi connectivity index (χ2n) is 15.9. The number of aliphatic carboxylic acids is 2. The van der Waals surface area contributed by atoms with Gasteiger partial charge in [-0.1, -0.05) is 132 Å². The van der Waals surface area contributed by atoms with Crippen molar-refractivity contribution in [3.05, 3.63) is 204 Å². The van der Waals surface area contributed by atoms with Gasteiger partial charge in [0.05, 0.1) is 17.7 Å². The topological polar surface area (TPSA) is 264 Å². The molecule has 76 heavy (non-hydrogen) atoms. The fourth-order valence-electron chi connectivity index (χ4n) is 5.96. The van der Waals surface area contributed by atoms with Gasteiger partial charge in [0, 0.05) is 125 Å². The number of pyridine rings is 2. The number of nitrogens with one attached hydrogen (secondary N) is 2. The van der Waals surface area contributed by atoms with Crippen molar-refractivity contribution in [2.75, 3.05) is 24.6 Å². The van der Waals surface area contributed by atoms with Crippen LogP contribution in [0.5, 0.6) is 0 Å². The molecule has 402 valence electrons. The molecule has 0 bridgehead atoms. The number of ketones is 2. The molecular weight excluding hydrogens is 1190 g/mol. The standard InChI is InChI=1S/C18H27N3O4S2.2C13H9O.C7H10N2S2.C5H10O2.H2N.2Y/c1-3-13(16(19)22)11-14(10-12(2)18(24)25)17(23)21-8-9-26-27-15-6-4-5-7-20-15;2*14-13(11-7-3-1-4-8-11)12-9-5-2-6-10-12;8-4-6-11(10)7-3-1-2-5-9-7;1-3-4(2)5(6)7;;;/h4-7,12-14H,3,8-11H2,1-2H3,(H4,19,21,22,23,24,25);2*1,3-10H;1-3,5H,4,6,8H2;4H,3H2,1-2H3,(H,6,7);1H2;;/q;2*-1;;;-1;;/p-1. The van der Waals surface area contributed by atoms with Gasteiger partial charge in [-0.3, -0.25) is 24.0 Å². The number of hydrogen-bond acceptors (Lipinski definition) is 12. The molecule has 0 fully saturated rings. The van der Waals surface area contributed by atoms with Crippen molar-refractivity contribution in [2.24, 2.45) is 29.4 Å². The Balaban J connectivity index is 0. The SMILES string of the molecule is CCC(C)C(=O)O.CCC(CC(CC(C)C(=O)O)C(=O)NCCSSc1ccccn1)C([NH-])=O.NCCS(=S)c1ccccn1.O=C(c1cc[c-]cc1)c1ccccc1.O=C(c1cc[c-]cc1)c1ccccc1.[NH2-].[Y].[Y]. The van der Waals surface area contributed by atoms with E-state index in [0.29, 0.717) is 36.4 Å². The summed E-state index contributed by atoms with van der Waals surface area (Å²) in [4.78, 5) is 77.0. The molecule has 0 aliphatic carbocycles. The van der Waals surface area contributed by atoms with Crippen molar-refractivity contribution in [3.63, 3.8) is 0 Å². The third-order valence-corrected chi connectivity index (χ3v) is 15.0. The van der Waals surface area contributed by atoms with Crippen molar-refractivity contribution in [3.8, 4) is 0 Å². The first kappa shape index (κ1) is 73.9. The first-order chi connectivity index (χ1) is 35.1. The molecule has 0 spiro atoms. The van der Waals surface area contributed by atoms with Crippen LogP contribution < -0.4 is 11.1 Å². The quantitative estimate of drug-likeness (QED) is 0.0213. The maximum atomic E-state index is 12.5. The number of carboxylic acids is 2.